The molecule has 1 heterocycles. The maximum Gasteiger partial charge on any atom is 0.00757 e. The van der Waals surface area contributed by atoms with Gasteiger partial charge in [0.05, 0.1) is 0 Å². The van der Waals surface area contributed by atoms with Gasteiger partial charge < -0.3 is 0 Å². The van der Waals surface area contributed by atoms with E-state index in [2.05, 4.69) is 32.5 Å². The van der Waals surface area contributed by atoms with Crippen molar-refractivity contribution in [2.75, 3.05) is 0 Å². The molecule has 0 bridgehead atoms. The van der Waals surface area contributed by atoms with Gasteiger partial charge in [-0.3, -0.25) is 0 Å². The molecule has 1 aliphatic rings. The third-order valence-electron chi connectivity index (χ3n) is 2.82. The Morgan fingerprint density at radius 3 is 2.42 bits per heavy atom. The van der Waals surface area contributed by atoms with Crippen LogP contribution >= 0.6 is 11.8 Å². The monoisotopic (exact) mass is 186 g/mol. The molecule has 1 rings (SSSR count). The highest BCUT2D eigenvalue weighted by atomic mass is 32.2. The molecule has 0 aromatic heterocycles. The fraction of sp³-hybridized carbons (Fsp3) is 1.00. The van der Waals surface area contributed by atoms with Crippen molar-refractivity contribution in [2.45, 2.75) is 63.4 Å². The average molecular weight is 186 g/mol. The summed E-state index contributed by atoms with van der Waals surface area (Å²) < 4.78 is 0. The van der Waals surface area contributed by atoms with Gasteiger partial charge in [-0.2, -0.15) is 11.8 Å². The standard InChI is InChI=1S/C11H22S/c1-4-6-10-8-9(3)11(12-10)7-5-2/h9-11H,4-8H2,1-3H3. The topological polar surface area (TPSA) is 0 Å². The fourth-order valence-electron chi connectivity index (χ4n) is 2.15. The summed E-state index contributed by atoms with van der Waals surface area (Å²) in [7, 11) is 0. The zero-order valence-corrected chi connectivity index (χ0v) is 9.49. The van der Waals surface area contributed by atoms with Gasteiger partial charge in [0.15, 0.2) is 0 Å². The lowest BCUT2D eigenvalue weighted by Crippen LogP contribution is -2.06. The van der Waals surface area contributed by atoms with Crippen molar-refractivity contribution in [2.24, 2.45) is 5.92 Å². The molecule has 12 heavy (non-hydrogen) atoms. The van der Waals surface area contributed by atoms with Gasteiger partial charge >= 0.3 is 0 Å². The fourth-order valence-corrected chi connectivity index (χ4v) is 4.18. The molecular formula is C11H22S. The Kier molecular flexibility index (Phi) is 4.49. The van der Waals surface area contributed by atoms with Gasteiger partial charge in [0.1, 0.15) is 0 Å². The molecule has 1 heteroatoms. The Labute approximate surface area is 81.5 Å². The summed E-state index contributed by atoms with van der Waals surface area (Å²) in [5.74, 6) is 0.978. The van der Waals surface area contributed by atoms with Crippen LogP contribution in [0, 0.1) is 5.92 Å². The summed E-state index contributed by atoms with van der Waals surface area (Å²) >= 11 is 2.27. The molecule has 0 saturated carbocycles. The first-order valence-corrected chi connectivity index (χ1v) is 6.37. The molecule has 0 aliphatic carbocycles. The molecule has 1 fully saturated rings. The summed E-state index contributed by atoms with van der Waals surface area (Å²) in [6.07, 6.45) is 7.08. The molecule has 0 radical (unpaired) electrons. The minimum Gasteiger partial charge on any atom is -0.155 e. The van der Waals surface area contributed by atoms with Crippen molar-refractivity contribution in [3.8, 4) is 0 Å². The predicted molar refractivity (Wildman–Crippen MR) is 58.8 cm³/mol. The third-order valence-corrected chi connectivity index (χ3v) is 4.68. The van der Waals surface area contributed by atoms with Crippen molar-refractivity contribution >= 4 is 11.8 Å². The highest BCUT2D eigenvalue weighted by molar-refractivity contribution is 8.00. The van der Waals surface area contributed by atoms with Gasteiger partial charge in [-0.15, -0.1) is 0 Å². The Morgan fingerprint density at radius 1 is 1.17 bits per heavy atom. The van der Waals surface area contributed by atoms with Crippen LogP contribution in [0.1, 0.15) is 52.9 Å². The molecule has 1 saturated heterocycles. The van der Waals surface area contributed by atoms with Crippen molar-refractivity contribution < 1.29 is 0 Å². The molecule has 0 spiro atoms. The number of hydrogen-bond donors (Lipinski definition) is 0. The Balaban J connectivity index is 2.29. The molecule has 0 N–H and O–H groups in total. The zero-order chi connectivity index (χ0) is 8.97. The lowest BCUT2D eigenvalue weighted by molar-refractivity contribution is 0.502. The molecular weight excluding hydrogens is 164 g/mol. The van der Waals surface area contributed by atoms with E-state index < -0.39 is 0 Å². The summed E-state index contributed by atoms with van der Waals surface area (Å²) in [5, 5.41) is 1.97. The minimum atomic E-state index is 0.978. The van der Waals surface area contributed by atoms with Gasteiger partial charge in [0, 0.05) is 10.5 Å². The second-order valence-electron chi connectivity index (χ2n) is 4.09. The second kappa shape index (κ2) is 5.16. The Morgan fingerprint density at radius 2 is 1.83 bits per heavy atom. The number of rotatable bonds is 4. The van der Waals surface area contributed by atoms with Crippen LogP contribution < -0.4 is 0 Å². The van der Waals surface area contributed by atoms with Crippen LogP contribution in [0.15, 0.2) is 0 Å². The summed E-state index contributed by atoms with van der Waals surface area (Å²) in [6.45, 7) is 7.04. The van der Waals surface area contributed by atoms with E-state index in [0.29, 0.717) is 0 Å². The molecule has 1 aliphatic heterocycles. The molecule has 0 amide bonds. The predicted octanol–water partition coefficient (Wildman–Crippen LogP) is 4.10. The van der Waals surface area contributed by atoms with Crippen LogP contribution in [0.25, 0.3) is 0 Å². The van der Waals surface area contributed by atoms with E-state index in [-0.39, 0.29) is 0 Å². The quantitative estimate of drug-likeness (QED) is 0.637. The summed E-state index contributed by atoms with van der Waals surface area (Å²) in [6, 6.07) is 0. The first-order valence-electron chi connectivity index (χ1n) is 5.43. The van der Waals surface area contributed by atoms with E-state index in [1.165, 1.54) is 32.1 Å². The van der Waals surface area contributed by atoms with Crippen LogP contribution in [0.5, 0.6) is 0 Å². The lowest BCUT2D eigenvalue weighted by Gasteiger charge is -2.12. The highest BCUT2D eigenvalue weighted by Crippen LogP contribution is 2.42. The zero-order valence-electron chi connectivity index (χ0n) is 8.68. The van der Waals surface area contributed by atoms with Gasteiger partial charge in [0.2, 0.25) is 0 Å². The second-order valence-corrected chi connectivity index (χ2v) is 5.63. The minimum absolute atomic E-state index is 0.978. The molecule has 0 aromatic carbocycles. The summed E-state index contributed by atoms with van der Waals surface area (Å²) in [5.41, 5.74) is 0. The van der Waals surface area contributed by atoms with Crippen LogP contribution in [-0.2, 0) is 0 Å². The van der Waals surface area contributed by atoms with Gasteiger partial charge in [-0.1, -0.05) is 33.6 Å². The van der Waals surface area contributed by atoms with Gasteiger partial charge in [0.25, 0.3) is 0 Å². The van der Waals surface area contributed by atoms with E-state index in [4.69, 9.17) is 0 Å². The molecule has 0 aromatic rings. The van der Waals surface area contributed by atoms with Crippen molar-refractivity contribution in [1.29, 1.82) is 0 Å². The van der Waals surface area contributed by atoms with Crippen LogP contribution in [0.4, 0.5) is 0 Å². The Bertz CT molecular complexity index is 122. The van der Waals surface area contributed by atoms with Crippen molar-refractivity contribution in [1.82, 2.24) is 0 Å². The Hall–Kier alpha value is 0.350. The van der Waals surface area contributed by atoms with E-state index >= 15 is 0 Å². The smallest absolute Gasteiger partial charge is 0.00757 e. The summed E-state index contributed by atoms with van der Waals surface area (Å²) in [4.78, 5) is 0. The number of thioether (sulfide) groups is 1. The van der Waals surface area contributed by atoms with Crippen molar-refractivity contribution in [3.05, 3.63) is 0 Å². The highest BCUT2D eigenvalue weighted by Gasteiger charge is 2.30. The SMILES string of the molecule is CCCC1CC(C)C(CCC)S1. The van der Waals surface area contributed by atoms with E-state index in [0.717, 1.165) is 16.4 Å². The van der Waals surface area contributed by atoms with E-state index in [1.54, 1.807) is 0 Å². The first kappa shape index (κ1) is 10.4. The largest absolute Gasteiger partial charge is 0.155 e. The van der Waals surface area contributed by atoms with Gasteiger partial charge in [-0.05, 0) is 25.2 Å². The molecule has 72 valence electrons. The first-order chi connectivity index (χ1) is 5.77. The third kappa shape index (κ3) is 2.69. The lowest BCUT2D eigenvalue weighted by atomic mass is 9.98. The van der Waals surface area contributed by atoms with Crippen LogP contribution in [0.2, 0.25) is 0 Å². The average Bonchev–Trinajstić information content (AvgIpc) is 2.34. The molecule has 3 atom stereocenters. The van der Waals surface area contributed by atoms with Crippen LogP contribution in [-0.4, -0.2) is 10.5 Å². The van der Waals surface area contributed by atoms with Gasteiger partial charge in [-0.25, -0.2) is 0 Å². The maximum atomic E-state index is 2.43. The number of hydrogen-bond acceptors (Lipinski definition) is 1. The van der Waals surface area contributed by atoms with E-state index in [9.17, 15) is 0 Å². The van der Waals surface area contributed by atoms with E-state index in [1.807, 2.05) is 0 Å². The normalized spacial score (nSPS) is 35.8. The molecule has 3 unspecified atom stereocenters. The molecule has 0 nitrogen and oxygen atoms in total. The van der Waals surface area contributed by atoms with Crippen molar-refractivity contribution in [3.63, 3.8) is 0 Å². The maximum absolute atomic E-state index is 2.43. The van der Waals surface area contributed by atoms with Crippen LogP contribution in [0.3, 0.4) is 0 Å².